The Bertz CT molecular complexity index is 1420. The van der Waals surface area contributed by atoms with Crippen LogP contribution in [-0.2, 0) is 9.53 Å². The van der Waals surface area contributed by atoms with Crippen LogP contribution in [0.5, 0.6) is 5.75 Å². The van der Waals surface area contributed by atoms with Gasteiger partial charge in [-0.1, -0.05) is 6.08 Å². The number of rotatable bonds is 7. The minimum atomic E-state index is -0.879. The molecular formula is C25H25N3O6S. The summed E-state index contributed by atoms with van der Waals surface area (Å²) in [5, 5.41) is 0.287. The van der Waals surface area contributed by atoms with Crippen LogP contribution in [0.15, 0.2) is 42.0 Å². The van der Waals surface area contributed by atoms with Gasteiger partial charge in [0, 0.05) is 12.1 Å². The second kappa shape index (κ2) is 9.46. The highest BCUT2D eigenvalue weighted by molar-refractivity contribution is 7.20. The molecule has 1 amide bonds. The topological polar surface area (TPSA) is 108 Å². The van der Waals surface area contributed by atoms with Crippen molar-refractivity contribution >= 4 is 44.9 Å². The first kappa shape index (κ1) is 24.3. The van der Waals surface area contributed by atoms with Crippen molar-refractivity contribution in [2.24, 2.45) is 0 Å². The molecule has 0 saturated heterocycles. The number of amides is 1. The molecule has 10 heteroatoms. The van der Waals surface area contributed by atoms with E-state index < -0.39 is 17.6 Å². The number of hydrogen-bond acceptors (Lipinski definition) is 8. The van der Waals surface area contributed by atoms with Crippen molar-refractivity contribution in [2.45, 2.75) is 39.8 Å². The summed E-state index contributed by atoms with van der Waals surface area (Å²) in [5.74, 6) is -0.586. The zero-order valence-corrected chi connectivity index (χ0v) is 20.7. The second-order valence-electron chi connectivity index (χ2n) is 8.45. The number of benzene rings is 1. The van der Waals surface area contributed by atoms with Crippen LogP contribution >= 0.6 is 11.3 Å². The number of Topliss-reactive ketones (excluding diaryl/α,β-unsaturated/α-hetero) is 1. The largest absolute Gasteiger partial charge is 0.482 e. The molecule has 2 aromatic heterocycles. The van der Waals surface area contributed by atoms with Crippen molar-refractivity contribution in [3.63, 3.8) is 0 Å². The number of carbonyl (C=O) groups excluding carboxylic acids is 3. The molecule has 1 atom stereocenters. The molecule has 0 bridgehead atoms. The Hall–Kier alpha value is -3.79. The number of ether oxygens (including phenoxy) is 2. The van der Waals surface area contributed by atoms with Gasteiger partial charge in [-0.3, -0.25) is 19.0 Å². The van der Waals surface area contributed by atoms with Crippen molar-refractivity contribution in [2.75, 3.05) is 18.1 Å². The van der Waals surface area contributed by atoms with Crippen LogP contribution in [0.3, 0.4) is 0 Å². The minimum absolute atomic E-state index is 0.0850. The summed E-state index contributed by atoms with van der Waals surface area (Å²) in [6.07, 6.45) is 2.61. The van der Waals surface area contributed by atoms with E-state index in [4.69, 9.17) is 9.47 Å². The third-order valence-corrected chi connectivity index (χ3v) is 6.88. The van der Waals surface area contributed by atoms with E-state index in [0.29, 0.717) is 32.3 Å². The van der Waals surface area contributed by atoms with E-state index in [2.05, 4.69) is 11.6 Å². The van der Waals surface area contributed by atoms with E-state index in [-0.39, 0.29) is 36.3 Å². The number of fused-ring (bicyclic) bond motifs is 2. The number of anilines is 1. The summed E-state index contributed by atoms with van der Waals surface area (Å²) in [6.45, 7) is 10.6. The van der Waals surface area contributed by atoms with E-state index in [1.165, 1.54) is 15.8 Å². The van der Waals surface area contributed by atoms with Crippen LogP contribution in [0.4, 0.5) is 5.69 Å². The molecule has 0 spiro atoms. The first-order chi connectivity index (χ1) is 16.6. The summed E-state index contributed by atoms with van der Waals surface area (Å²) >= 11 is 1.09. The van der Waals surface area contributed by atoms with Gasteiger partial charge in [0.05, 0.1) is 29.5 Å². The second-order valence-corrected chi connectivity index (χ2v) is 9.45. The summed E-state index contributed by atoms with van der Waals surface area (Å²) in [4.78, 5) is 58.0. The van der Waals surface area contributed by atoms with Crippen LogP contribution in [0.25, 0.3) is 10.2 Å². The maximum Gasteiger partial charge on any atom is 0.348 e. The molecule has 35 heavy (non-hydrogen) atoms. The number of thiophene rings is 1. The number of carbonyl (C=O) groups is 3. The fraction of sp³-hybridized carbons (Fsp3) is 0.320. The normalized spacial score (nSPS) is 14.0. The molecule has 1 aliphatic heterocycles. The summed E-state index contributed by atoms with van der Waals surface area (Å²) in [5.41, 5.74) is 0.852. The minimum Gasteiger partial charge on any atom is -0.482 e. The molecule has 3 aromatic rings. The lowest BCUT2D eigenvalue weighted by atomic mass is 10.0. The molecule has 0 saturated carbocycles. The number of hydrogen-bond donors (Lipinski definition) is 0. The molecular weight excluding hydrogens is 470 g/mol. The number of nitrogens with zero attached hydrogens (tertiary/aromatic N) is 3. The van der Waals surface area contributed by atoms with Gasteiger partial charge in [-0.05, 0) is 51.5 Å². The van der Waals surface area contributed by atoms with Crippen LogP contribution in [-0.4, -0.2) is 46.5 Å². The molecule has 3 heterocycles. The van der Waals surface area contributed by atoms with E-state index in [1.807, 2.05) is 0 Å². The Morgan fingerprint density at radius 1 is 1.29 bits per heavy atom. The standard InChI is InChI=1S/C25H25N3O6S/c1-6-9-27-17-10-16(7-8-18(17)33-11-19(27)29)21(30)15(5)28-12-26-23-20(24(28)31)14(4)22(35-23)25(32)34-13(2)3/h6-8,10,12-13,15H,1,9,11H2,2-5H3. The quantitative estimate of drug-likeness (QED) is 0.279. The Kier molecular flexibility index (Phi) is 6.58. The van der Waals surface area contributed by atoms with Crippen LogP contribution in [0, 0.1) is 6.92 Å². The first-order valence-electron chi connectivity index (χ1n) is 11.1. The first-order valence-corrected chi connectivity index (χ1v) is 11.9. The third-order valence-electron chi connectivity index (χ3n) is 5.70. The third kappa shape index (κ3) is 4.37. The van der Waals surface area contributed by atoms with Gasteiger partial charge in [-0.25, -0.2) is 9.78 Å². The molecule has 1 unspecified atom stereocenters. The maximum atomic E-state index is 13.4. The highest BCUT2D eigenvalue weighted by Gasteiger charge is 2.28. The smallest absolute Gasteiger partial charge is 0.348 e. The van der Waals surface area contributed by atoms with Gasteiger partial charge in [0.2, 0.25) is 0 Å². The highest BCUT2D eigenvalue weighted by atomic mass is 32.1. The SMILES string of the molecule is C=CCN1C(=O)COc2ccc(C(=O)C(C)n3cnc4sc(C(=O)OC(C)C)c(C)c4c3=O)cc21. The van der Waals surface area contributed by atoms with Crippen molar-refractivity contribution in [1.82, 2.24) is 9.55 Å². The number of aromatic nitrogens is 2. The maximum absolute atomic E-state index is 13.4. The summed E-state index contributed by atoms with van der Waals surface area (Å²) < 4.78 is 12.0. The fourth-order valence-electron chi connectivity index (χ4n) is 3.93. The number of ketones is 1. The highest BCUT2D eigenvalue weighted by Crippen LogP contribution is 2.34. The van der Waals surface area contributed by atoms with Crippen LogP contribution in [0.1, 0.15) is 52.4 Å². The Morgan fingerprint density at radius 3 is 2.71 bits per heavy atom. The lowest BCUT2D eigenvalue weighted by Gasteiger charge is -2.29. The van der Waals surface area contributed by atoms with Crippen LogP contribution < -0.4 is 15.2 Å². The zero-order valence-electron chi connectivity index (χ0n) is 19.9. The van der Waals surface area contributed by atoms with Gasteiger partial charge >= 0.3 is 5.97 Å². The number of esters is 1. The van der Waals surface area contributed by atoms with Crippen molar-refractivity contribution in [3.05, 3.63) is 63.5 Å². The van der Waals surface area contributed by atoms with Crippen molar-refractivity contribution < 1.29 is 23.9 Å². The van der Waals surface area contributed by atoms with E-state index in [0.717, 1.165) is 11.3 Å². The molecule has 182 valence electrons. The van der Waals surface area contributed by atoms with Gasteiger partial charge in [0.15, 0.2) is 12.4 Å². The molecule has 4 rings (SSSR count). The fourth-order valence-corrected chi connectivity index (χ4v) is 4.95. The molecule has 1 aliphatic rings. The monoisotopic (exact) mass is 495 g/mol. The average molecular weight is 496 g/mol. The van der Waals surface area contributed by atoms with Crippen LogP contribution in [0.2, 0.25) is 0 Å². The molecule has 0 radical (unpaired) electrons. The lowest BCUT2D eigenvalue weighted by molar-refractivity contribution is -0.121. The molecule has 9 nitrogen and oxygen atoms in total. The Balaban J connectivity index is 1.70. The van der Waals surface area contributed by atoms with E-state index in [1.54, 1.807) is 52.0 Å². The Morgan fingerprint density at radius 2 is 2.03 bits per heavy atom. The van der Waals surface area contributed by atoms with E-state index >= 15 is 0 Å². The predicted octanol–water partition coefficient (Wildman–Crippen LogP) is 3.69. The molecule has 0 aliphatic carbocycles. The summed E-state index contributed by atoms with van der Waals surface area (Å²) in [6, 6.07) is 3.95. The molecule has 1 aromatic carbocycles. The van der Waals surface area contributed by atoms with Gasteiger partial charge in [-0.15, -0.1) is 17.9 Å². The van der Waals surface area contributed by atoms with Gasteiger partial charge < -0.3 is 14.4 Å². The van der Waals surface area contributed by atoms with Gasteiger partial charge in [-0.2, -0.15) is 0 Å². The van der Waals surface area contributed by atoms with Gasteiger partial charge in [0.1, 0.15) is 15.5 Å². The van der Waals surface area contributed by atoms with Crippen molar-refractivity contribution in [3.8, 4) is 5.75 Å². The predicted molar refractivity (Wildman–Crippen MR) is 133 cm³/mol. The molecule has 0 fully saturated rings. The average Bonchev–Trinajstić information content (AvgIpc) is 3.17. The van der Waals surface area contributed by atoms with E-state index in [9.17, 15) is 19.2 Å². The van der Waals surface area contributed by atoms with Gasteiger partial charge in [0.25, 0.3) is 11.5 Å². The molecule has 0 N–H and O–H groups in total. The zero-order chi connectivity index (χ0) is 25.4. The Labute approximate surface area is 205 Å². The van der Waals surface area contributed by atoms with Crippen molar-refractivity contribution in [1.29, 1.82) is 0 Å². The lowest BCUT2D eigenvalue weighted by Crippen LogP contribution is -2.39. The number of aryl methyl sites for hydroxylation is 1. The summed E-state index contributed by atoms with van der Waals surface area (Å²) in [7, 11) is 0.